The number of piperidine rings is 1. The Labute approximate surface area is 122 Å². The van der Waals surface area contributed by atoms with Gasteiger partial charge in [-0.2, -0.15) is 0 Å². The molecular formula is C12H20N4O3S. The summed E-state index contributed by atoms with van der Waals surface area (Å²) in [5.74, 6) is 0.468. The topological polar surface area (TPSA) is 80.5 Å². The van der Waals surface area contributed by atoms with Gasteiger partial charge >= 0.3 is 5.97 Å². The molecule has 1 fully saturated rings. The van der Waals surface area contributed by atoms with E-state index in [-0.39, 0.29) is 5.75 Å². The molecule has 0 aliphatic carbocycles. The first kappa shape index (κ1) is 15.1. The van der Waals surface area contributed by atoms with Crippen LogP contribution in [0.5, 0.6) is 0 Å². The number of carboxylic acids is 1. The van der Waals surface area contributed by atoms with Gasteiger partial charge in [0.25, 0.3) is 0 Å². The molecule has 0 bridgehead atoms. The Morgan fingerprint density at radius 1 is 1.55 bits per heavy atom. The summed E-state index contributed by atoms with van der Waals surface area (Å²) in [7, 11) is 3.60. The lowest BCUT2D eigenvalue weighted by Crippen LogP contribution is -2.38. The van der Waals surface area contributed by atoms with Crippen molar-refractivity contribution in [3.63, 3.8) is 0 Å². The van der Waals surface area contributed by atoms with Crippen molar-refractivity contribution in [1.82, 2.24) is 14.8 Å². The van der Waals surface area contributed by atoms with Crippen molar-refractivity contribution in [2.24, 2.45) is 13.0 Å². The fourth-order valence-electron chi connectivity index (χ4n) is 2.45. The molecule has 1 atom stereocenters. The minimum Gasteiger partial charge on any atom is -0.481 e. The van der Waals surface area contributed by atoms with Gasteiger partial charge in [0.2, 0.25) is 5.95 Å². The highest BCUT2D eigenvalue weighted by molar-refractivity contribution is 7.99. The van der Waals surface area contributed by atoms with Crippen molar-refractivity contribution in [2.75, 3.05) is 37.5 Å². The highest BCUT2D eigenvalue weighted by atomic mass is 32.2. The number of ether oxygens (including phenoxy) is 1. The fourth-order valence-corrected chi connectivity index (χ4v) is 3.08. The molecular weight excluding hydrogens is 280 g/mol. The van der Waals surface area contributed by atoms with E-state index in [1.807, 2.05) is 11.6 Å². The predicted molar refractivity (Wildman–Crippen MR) is 76.2 cm³/mol. The lowest BCUT2D eigenvalue weighted by Gasteiger charge is -2.32. The minimum absolute atomic E-state index is 0.00171. The van der Waals surface area contributed by atoms with Crippen molar-refractivity contribution < 1.29 is 14.6 Å². The maximum atomic E-state index is 10.6. The van der Waals surface area contributed by atoms with Gasteiger partial charge in [0.1, 0.15) is 0 Å². The molecule has 1 saturated heterocycles. The second-order valence-corrected chi connectivity index (χ2v) is 5.88. The SMILES string of the molecule is COCC1CCCN(c2nnc(SCC(=O)O)n2C)C1. The van der Waals surface area contributed by atoms with E-state index in [0.29, 0.717) is 11.1 Å². The zero-order valence-electron chi connectivity index (χ0n) is 11.8. The number of carboxylic acid groups (broad SMARTS) is 1. The molecule has 1 unspecified atom stereocenters. The smallest absolute Gasteiger partial charge is 0.313 e. The molecule has 2 heterocycles. The van der Waals surface area contributed by atoms with E-state index in [9.17, 15) is 4.79 Å². The lowest BCUT2D eigenvalue weighted by atomic mass is 9.99. The predicted octanol–water partition coefficient (Wildman–Crippen LogP) is 0.855. The Bertz CT molecular complexity index is 464. The van der Waals surface area contributed by atoms with E-state index in [0.717, 1.165) is 32.1 Å². The molecule has 0 amide bonds. The van der Waals surface area contributed by atoms with Crippen LogP contribution in [0.25, 0.3) is 0 Å². The zero-order chi connectivity index (χ0) is 14.5. The number of methoxy groups -OCH3 is 1. The van der Waals surface area contributed by atoms with Crippen molar-refractivity contribution in [2.45, 2.75) is 18.0 Å². The van der Waals surface area contributed by atoms with Crippen LogP contribution in [0.15, 0.2) is 5.16 Å². The standard InChI is InChI=1S/C12H20N4O3S/c1-15-11(13-14-12(15)20-8-10(17)18)16-5-3-4-9(6-16)7-19-2/h9H,3-8H2,1-2H3,(H,17,18). The third kappa shape index (κ3) is 3.63. The van der Waals surface area contributed by atoms with E-state index in [2.05, 4.69) is 15.1 Å². The first-order valence-electron chi connectivity index (χ1n) is 6.59. The summed E-state index contributed by atoms with van der Waals surface area (Å²) in [6.07, 6.45) is 2.28. The summed E-state index contributed by atoms with van der Waals surface area (Å²) in [6.45, 7) is 2.62. The van der Waals surface area contributed by atoms with Crippen LogP contribution in [0.3, 0.4) is 0 Å². The number of hydrogen-bond acceptors (Lipinski definition) is 6. The van der Waals surface area contributed by atoms with Gasteiger partial charge in [0.15, 0.2) is 5.16 Å². The highest BCUT2D eigenvalue weighted by Crippen LogP contribution is 2.24. The maximum Gasteiger partial charge on any atom is 0.313 e. The van der Waals surface area contributed by atoms with E-state index in [4.69, 9.17) is 9.84 Å². The molecule has 1 N–H and O–H groups in total. The van der Waals surface area contributed by atoms with Gasteiger partial charge in [-0.1, -0.05) is 11.8 Å². The fraction of sp³-hybridized carbons (Fsp3) is 0.750. The number of rotatable bonds is 6. The molecule has 2 rings (SSSR count). The number of hydrogen-bond donors (Lipinski definition) is 1. The van der Waals surface area contributed by atoms with Gasteiger partial charge in [-0.3, -0.25) is 9.36 Å². The second kappa shape index (κ2) is 6.94. The summed E-state index contributed by atoms with van der Waals surface area (Å²) in [4.78, 5) is 12.8. The molecule has 112 valence electrons. The van der Waals surface area contributed by atoms with Crippen molar-refractivity contribution in [3.05, 3.63) is 0 Å². The van der Waals surface area contributed by atoms with Crippen molar-refractivity contribution >= 4 is 23.7 Å². The molecule has 1 aromatic heterocycles. The number of aliphatic carboxylic acids is 1. The van der Waals surface area contributed by atoms with Gasteiger partial charge in [0.05, 0.1) is 12.4 Å². The minimum atomic E-state index is -0.849. The zero-order valence-corrected chi connectivity index (χ0v) is 12.6. The highest BCUT2D eigenvalue weighted by Gasteiger charge is 2.24. The van der Waals surface area contributed by atoms with E-state index >= 15 is 0 Å². The molecule has 0 aromatic carbocycles. The Morgan fingerprint density at radius 2 is 2.35 bits per heavy atom. The third-order valence-corrected chi connectivity index (χ3v) is 4.35. The Hall–Kier alpha value is -1.28. The van der Waals surface area contributed by atoms with Gasteiger partial charge in [-0.15, -0.1) is 10.2 Å². The van der Waals surface area contributed by atoms with E-state index < -0.39 is 5.97 Å². The number of carbonyl (C=O) groups is 1. The van der Waals surface area contributed by atoms with Crippen LogP contribution in [-0.4, -0.2) is 58.4 Å². The average Bonchev–Trinajstić information content (AvgIpc) is 2.78. The van der Waals surface area contributed by atoms with Crippen LogP contribution >= 0.6 is 11.8 Å². The number of aromatic nitrogens is 3. The van der Waals surface area contributed by atoms with Crippen LogP contribution in [0.2, 0.25) is 0 Å². The van der Waals surface area contributed by atoms with Gasteiger partial charge < -0.3 is 14.7 Å². The Kier molecular flexibility index (Phi) is 5.24. The Morgan fingerprint density at radius 3 is 3.05 bits per heavy atom. The van der Waals surface area contributed by atoms with Crippen LogP contribution in [-0.2, 0) is 16.6 Å². The first-order chi connectivity index (χ1) is 9.61. The normalized spacial score (nSPS) is 19.3. The van der Waals surface area contributed by atoms with E-state index in [1.165, 1.54) is 18.2 Å². The summed E-state index contributed by atoms with van der Waals surface area (Å²) >= 11 is 1.19. The second-order valence-electron chi connectivity index (χ2n) is 4.93. The lowest BCUT2D eigenvalue weighted by molar-refractivity contribution is -0.133. The number of nitrogens with zero attached hydrogens (tertiary/aromatic N) is 4. The molecule has 1 aliphatic rings. The Balaban J connectivity index is 2.03. The van der Waals surface area contributed by atoms with Crippen LogP contribution < -0.4 is 4.90 Å². The van der Waals surface area contributed by atoms with Crippen molar-refractivity contribution in [1.29, 1.82) is 0 Å². The summed E-state index contributed by atoms with van der Waals surface area (Å²) in [5, 5.41) is 17.6. The van der Waals surface area contributed by atoms with Gasteiger partial charge in [0, 0.05) is 27.2 Å². The summed E-state index contributed by atoms with van der Waals surface area (Å²) < 4.78 is 7.09. The molecule has 20 heavy (non-hydrogen) atoms. The average molecular weight is 300 g/mol. The largest absolute Gasteiger partial charge is 0.481 e. The van der Waals surface area contributed by atoms with Gasteiger partial charge in [-0.25, -0.2) is 0 Å². The molecule has 7 nitrogen and oxygen atoms in total. The third-order valence-electron chi connectivity index (χ3n) is 3.34. The summed E-state index contributed by atoms with van der Waals surface area (Å²) in [5.41, 5.74) is 0. The number of thioether (sulfide) groups is 1. The van der Waals surface area contributed by atoms with E-state index in [1.54, 1.807) is 7.11 Å². The number of anilines is 1. The quantitative estimate of drug-likeness (QED) is 0.780. The summed E-state index contributed by atoms with van der Waals surface area (Å²) in [6, 6.07) is 0. The molecule has 1 aliphatic heterocycles. The first-order valence-corrected chi connectivity index (χ1v) is 7.58. The molecule has 0 spiro atoms. The molecule has 0 saturated carbocycles. The van der Waals surface area contributed by atoms with Crippen LogP contribution in [0.1, 0.15) is 12.8 Å². The van der Waals surface area contributed by atoms with Crippen LogP contribution in [0.4, 0.5) is 5.95 Å². The molecule has 0 radical (unpaired) electrons. The molecule has 8 heteroatoms. The maximum absolute atomic E-state index is 10.6. The monoisotopic (exact) mass is 300 g/mol. The van der Waals surface area contributed by atoms with Crippen LogP contribution in [0, 0.1) is 5.92 Å². The van der Waals surface area contributed by atoms with Gasteiger partial charge in [-0.05, 0) is 18.8 Å². The molecule has 1 aromatic rings. The van der Waals surface area contributed by atoms with Crippen molar-refractivity contribution in [3.8, 4) is 0 Å².